The van der Waals surface area contributed by atoms with Crippen molar-refractivity contribution in [2.45, 2.75) is 31.2 Å². The Morgan fingerprint density at radius 3 is 2.67 bits per heavy atom. The molecule has 0 bridgehead atoms. The molecule has 0 aliphatic carbocycles. The minimum atomic E-state index is -0.0928. The summed E-state index contributed by atoms with van der Waals surface area (Å²) >= 11 is 1.48. The van der Waals surface area contributed by atoms with Gasteiger partial charge in [0.05, 0.1) is 10.9 Å². The predicted octanol–water partition coefficient (Wildman–Crippen LogP) is 4.18. The third-order valence-electron chi connectivity index (χ3n) is 4.35. The van der Waals surface area contributed by atoms with Gasteiger partial charge in [-0.05, 0) is 48.4 Å². The van der Waals surface area contributed by atoms with Gasteiger partial charge in [0.15, 0.2) is 0 Å². The topological polar surface area (TPSA) is 82.5 Å². The van der Waals surface area contributed by atoms with Crippen LogP contribution in [0.4, 0.5) is 0 Å². The first-order valence-corrected chi connectivity index (χ1v) is 9.42. The van der Waals surface area contributed by atoms with Crippen molar-refractivity contribution in [3.05, 3.63) is 65.5 Å². The molecule has 2 heterocycles. The van der Waals surface area contributed by atoms with Crippen molar-refractivity contribution in [2.75, 3.05) is 0 Å². The maximum atomic E-state index is 5.46. The van der Waals surface area contributed by atoms with Crippen LogP contribution in [0.25, 0.3) is 17.1 Å². The molecule has 0 amide bonds. The molecule has 7 nitrogen and oxygen atoms in total. The van der Waals surface area contributed by atoms with Crippen molar-refractivity contribution in [3.8, 4) is 17.1 Å². The predicted molar refractivity (Wildman–Crippen MR) is 103 cm³/mol. The molecule has 0 fully saturated rings. The largest absolute Gasteiger partial charge is 0.338 e. The number of hydrogen-bond donors (Lipinski definition) is 0. The van der Waals surface area contributed by atoms with Crippen LogP contribution in [0.3, 0.4) is 0 Å². The summed E-state index contributed by atoms with van der Waals surface area (Å²) in [5, 5.41) is 16.8. The number of thioether (sulfide) groups is 1. The van der Waals surface area contributed by atoms with E-state index in [-0.39, 0.29) is 5.25 Å². The molecule has 0 aliphatic rings. The lowest BCUT2D eigenvalue weighted by Gasteiger charge is -2.10. The molecule has 1 unspecified atom stereocenters. The molecule has 0 radical (unpaired) electrons. The first-order valence-electron chi connectivity index (χ1n) is 8.54. The van der Waals surface area contributed by atoms with Crippen LogP contribution in [0.5, 0.6) is 0 Å². The average molecular weight is 378 g/mol. The Morgan fingerprint density at radius 2 is 1.85 bits per heavy atom. The average Bonchev–Trinajstić information content (AvgIpc) is 3.34. The van der Waals surface area contributed by atoms with Crippen molar-refractivity contribution >= 4 is 11.8 Å². The molecule has 0 saturated carbocycles. The summed E-state index contributed by atoms with van der Waals surface area (Å²) in [4.78, 5) is 4.52. The highest BCUT2D eigenvalue weighted by Gasteiger charge is 2.21. The van der Waals surface area contributed by atoms with Crippen molar-refractivity contribution in [1.82, 2.24) is 30.3 Å². The van der Waals surface area contributed by atoms with Gasteiger partial charge >= 0.3 is 0 Å². The monoisotopic (exact) mass is 378 g/mol. The third-order valence-corrected chi connectivity index (χ3v) is 5.37. The van der Waals surface area contributed by atoms with Gasteiger partial charge in [-0.1, -0.05) is 59.4 Å². The second-order valence-corrected chi connectivity index (χ2v) is 7.48. The second kappa shape index (κ2) is 7.32. The van der Waals surface area contributed by atoms with Gasteiger partial charge in [-0.15, -0.1) is 5.10 Å². The molecule has 1 atom stereocenters. The van der Waals surface area contributed by atoms with Crippen LogP contribution in [0, 0.1) is 13.8 Å². The fourth-order valence-corrected chi connectivity index (χ4v) is 3.51. The SMILES string of the molecule is Cc1cccc(-n2nnnc2SC(C)c2nc(-c3ccccc3)no2)c1C. The standard InChI is InChI=1S/C19H18N6OS/c1-12-8-7-11-16(13(12)2)25-19(21-23-24-25)27-14(3)18-20-17(22-26-18)15-9-5-4-6-10-15/h4-11,14H,1-3H3. The van der Waals surface area contributed by atoms with Crippen molar-refractivity contribution in [2.24, 2.45) is 0 Å². The van der Waals surface area contributed by atoms with E-state index in [1.807, 2.05) is 49.4 Å². The van der Waals surface area contributed by atoms with Gasteiger partial charge in [0.1, 0.15) is 0 Å². The van der Waals surface area contributed by atoms with E-state index in [1.54, 1.807) is 4.68 Å². The molecule has 4 rings (SSSR count). The van der Waals surface area contributed by atoms with Crippen LogP contribution < -0.4 is 0 Å². The Morgan fingerprint density at radius 1 is 1.04 bits per heavy atom. The lowest BCUT2D eigenvalue weighted by molar-refractivity contribution is 0.380. The number of tetrazole rings is 1. The van der Waals surface area contributed by atoms with Crippen LogP contribution in [-0.4, -0.2) is 30.3 Å². The van der Waals surface area contributed by atoms with Crippen molar-refractivity contribution in [1.29, 1.82) is 0 Å². The Bertz CT molecular complexity index is 1060. The van der Waals surface area contributed by atoms with Gasteiger partial charge in [0.25, 0.3) is 0 Å². The number of benzene rings is 2. The first kappa shape index (κ1) is 17.4. The summed E-state index contributed by atoms with van der Waals surface area (Å²) in [6, 6.07) is 15.8. The smallest absolute Gasteiger partial charge is 0.240 e. The Labute approximate surface area is 160 Å². The molecular weight excluding hydrogens is 360 g/mol. The molecule has 0 N–H and O–H groups in total. The van der Waals surface area contributed by atoms with Crippen molar-refractivity contribution in [3.63, 3.8) is 0 Å². The Hall–Kier alpha value is -3.00. The summed E-state index contributed by atoms with van der Waals surface area (Å²) in [6.07, 6.45) is 0. The molecule has 0 spiro atoms. The second-order valence-electron chi connectivity index (χ2n) is 6.17. The zero-order valence-corrected chi connectivity index (χ0v) is 16.0. The lowest BCUT2D eigenvalue weighted by atomic mass is 10.1. The molecule has 2 aromatic carbocycles. The maximum Gasteiger partial charge on any atom is 0.240 e. The number of aromatic nitrogens is 6. The summed E-state index contributed by atoms with van der Waals surface area (Å²) in [7, 11) is 0. The highest BCUT2D eigenvalue weighted by atomic mass is 32.2. The Balaban J connectivity index is 1.58. The van der Waals surface area contributed by atoms with Crippen LogP contribution in [-0.2, 0) is 0 Å². The third kappa shape index (κ3) is 3.48. The highest BCUT2D eigenvalue weighted by Crippen LogP contribution is 2.34. The normalized spacial score (nSPS) is 12.3. The summed E-state index contributed by atoms with van der Waals surface area (Å²) in [5.41, 5.74) is 4.22. The van der Waals surface area contributed by atoms with Gasteiger partial charge in [-0.25, -0.2) is 0 Å². The van der Waals surface area contributed by atoms with E-state index in [0.717, 1.165) is 16.8 Å². The summed E-state index contributed by atoms with van der Waals surface area (Å²) < 4.78 is 7.21. The molecular formula is C19H18N6OS. The number of hydrogen-bond acceptors (Lipinski definition) is 7. The summed E-state index contributed by atoms with van der Waals surface area (Å²) in [5.74, 6) is 1.11. The van der Waals surface area contributed by atoms with E-state index >= 15 is 0 Å². The van der Waals surface area contributed by atoms with Gasteiger partial charge in [-0.2, -0.15) is 9.67 Å². The van der Waals surface area contributed by atoms with E-state index in [2.05, 4.69) is 45.6 Å². The van der Waals surface area contributed by atoms with Gasteiger partial charge in [-0.3, -0.25) is 0 Å². The van der Waals surface area contributed by atoms with E-state index < -0.39 is 0 Å². The highest BCUT2D eigenvalue weighted by molar-refractivity contribution is 7.99. The molecule has 8 heteroatoms. The lowest BCUT2D eigenvalue weighted by Crippen LogP contribution is -2.03. The Kier molecular flexibility index (Phi) is 4.72. The first-order chi connectivity index (χ1) is 13.1. The van der Waals surface area contributed by atoms with Crippen LogP contribution in [0.1, 0.15) is 29.2 Å². The molecule has 0 aliphatic heterocycles. The number of aryl methyl sites for hydroxylation is 1. The van der Waals surface area contributed by atoms with Gasteiger partial charge in [0, 0.05) is 5.56 Å². The fraction of sp³-hybridized carbons (Fsp3) is 0.211. The molecule has 136 valence electrons. The van der Waals surface area contributed by atoms with Crippen LogP contribution in [0.2, 0.25) is 0 Å². The summed E-state index contributed by atoms with van der Waals surface area (Å²) in [6.45, 7) is 6.13. The number of rotatable bonds is 5. The van der Waals surface area contributed by atoms with E-state index in [9.17, 15) is 0 Å². The molecule has 0 saturated heterocycles. The number of nitrogens with zero attached hydrogens (tertiary/aromatic N) is 6. The van der Waals surface area contributed by atoms with E-state index in [1.165, 1.54) is 17.3 Å². The molecule has 2 aromatic heterocycles. The van der Waals surface area contributed by atoms with Crippen LogP contribution >= 0.6 is 11.8 Å². The van der Waals surface area contributed by atoms with E-state index in [4.69, 9.17) is 4.52 Å². The van der Waals surface area contributed by atoms with E-state index in [0.29, 0.717) is 16.9 Å². The minimum Gasteiger partial charge on any atom is -0.338 e. The zero-order chi connectivity index (χ0) is 18.8. The molecule has 27 heavy (non-hydrogen) atoms. The maximum absolute atomic E-state index is 5.46. The minimum absolute atomic E-state index is 0.0928. The van der Waals surface area contributed by atoms with Crippen LogP contribution in [0.15, 0.2) is 58.2 Å². The van der Waals surface area contributed by atoms with Crippen molar-refractivity contribution < 1.29 is 4.52 Å². The molecule has 4 aromatic rings. The van der Waals surface area contributed by atoms with Gasteiger partial charge < -0.3 is 4.52 Å². The van der Waals surface area contributed by atoms with Gasteiger partial charge in [0.2, 0.25) is 16.9 Å². The fourth-order valence-electron chi connectivity index (χ4n) is 2.68. The quantitative estimate of drug-likeness (QED) is 0.482. The zero-order valence-electron chi connectivity index (χ0n) is 15.2.